The molecule has 1 unspecified atom stereocenters. The number of likely N-dealkylation sites (tertiary alicyclic amines) is 1. The molecule has 3 heterocycles. The number of hydrogen-bond acceptors (Lipinski definition) is 6. The van der Waals surface area contributed by atoms with Gasteiger partial charge in [0.1, 0.15) is 0 Å². The molecule has 174 valence electrons. The van der Waals surface area contributed by atoms with E-state index in [2.05, 4.69) is 37.5 Å². The first-order chi connectivity index (χ1) is 16.7. The van der Waals surface area contributed by atoms with Gasteiger partial charge in [0.15, 0.2) is 0 Å². The van der Waals surface area contributed by atoms with Crippen molar-refractivity contribution >= 4 is 5.91 Å². The van der Waals surface area contributed by atoms with Crippen LogP contribution in [0.15, 0.2) is 77.8 Å². The Balaban J connectivity index is 1.13. The van der Waals surface area contributed by atoms with Crippen molar-refractivity contribution in [3.63, 3.8) is 0 Å². The lowest BCUT2D eigenvalue weighted by atomic mass is 9.97. The second-order valence-corrected chi connectivity index (χ2v) is 8.72. The third-order valence-corrected chi connectivity index (χ3v) is 6.12. The maximum Gasteiger partial charge on any atom is 0.241 e. The summed E-state index contributed by atoms with van der Waals surface area (Å²) in [6.45, 7) is 3.46. The lowest BCUT2D eigenvalue weighted by Gasteiger charge is -2.30. The van der Waals surface area contributed by atoms with Gasteiger partial charge >= 0.3 is 0 Å². The Morgan fingerprint density at radius 2 is 1.97 bits per heavy atom. The Kier molecular flexibility index (Phi) is 6.76. The second-order valence-electron chi connectivity index (χ2n) is 8.72. The molecular formula is C26H28N6O2. The summed E-state index contributed by atoms with van der Waals surface area (Å²) in [5.74, 6) is 1.23. The van der Waals surface area contributed by atoms with Gasteiger partial charge in [-0.1, -0.05) is 59.8 Å². The van der Waals surface area contributed by atoms with Crippen molar-refractivity contribution in [2.75, 3.05) is 13.1 Å². The highest BCUT2D eigenvalue weighted by Gasteiger charge is 2.26. The van der Waals surface area contributed by atoms with Crippen LogP contribution in [0.1, 0.15) is 29.9 Å². The molecule has 0 spiro atoms. The summed E-state index contributed by atoms with van der Waals surface area (Å²) in [6.07, 6.45) is 7.39. The standard InChI is InChI=1S/C26H28N6O2/c33-26(28-15-20-6-4-7-21(14-20)16-32-13-11-27-19-32)23-10-5-12-31(17-23)18-24-29-25(30-34-24)22-8-2-1-3-9-22/h1-4,6-9,11,13-14,19,23H,5,10,12,15-18H2,(H,28,33). The number of hydrogen-bond donors (Lipinski definition) is 1. The topological polar surface area (TPSA) is 89.1 Å². The molecule has 1 N–H and O–H groups in total. The summed E-state index contributed by atoms with van der Waals surface area (Å²) >= 11 is 0. The Labute approximate surface area is 198 Å². The lowest BCUT2D eigenvalue weighted by Crippen LogP contribution is -2.42. The predicted octanol–water partition coefficient (Wildman–Crippen LogP) is 3.51. The van der Waals surface area contributed by atoms with Crippen LogP contribution in [-0.4, -0.2) is 43.6 Å². The molecular weight excluding hydrogens is 428 g/mol. The van der Waals surface area contributed by atoms with Gasteiger partial charge in [-0.2, -0.15) is 4.98 Å². The number of nitrogens with one attached hydrogen (secondary N) is 1. The zero-order valence-electron chi connectivity index (χ0n) is 19.0. The molecule has 1 fully saturated rings. The smallest absolute Gasteiger partial charge is 0.241 e. The summed E-state index contributed by atoms with van der Waals surface area (Å²) in [5.41, 5.74) is 3.21. The first-order valence-electron chi connectivity index (χ1n) is 11.6. The average Bonchev–Trinajstić information content (AvgIpc) is 3.56. The molecule has 1 amide bonds. The van der Waals surface area contributed by atoms with Gasteiger partial charge in [-0.05, 0) is 30.5 Å². The number of carbonyl (C=O) groups excluding carboxylic acids is 1. The Bertz CT molecular complexity index is 1210. The van der Waals surface area contributed by atoms with Crippen molar-refractivity contribution in [1.82, 2.24) is 29.9 Å². The molecule has 0 bridgehead atoms. The van der Waals surface area contributed by atoms with Crippen LogP contribution in [-0.2, 0) is 24.4 Å². The van der Waals surface area contributed by atoms with E-state index in [1.807, 2.05) is 53.2 Å². The first-order valence-corrected chi connectivity index (χ1v) is 11.6. The van der Waals surface area contributed by atoms with Crippen LogP contribution in [0.5, 0.6) is 0 Å². The largest absolute Gasteiger partial charge is 0.352 e. The molecule has 0 saturated carbocycles. The van der Waals surface area contributed by atoms with Crippen molar-refractivity contribution in [2.24, 2.45) is 5.92 Å². The quantitative estimate of drug-likeness (QED) is 0.437. The van der Waals surface area contributed by atoms with Gasteiger partial charge < -0.3 is 14.4 Å². The summed E-state index contributed by atoms with van der Waals surface area (Å²) < 4.78 is 7.49. The predicted molar refractivity (Wildman–Crippen MR) is 127 cm³/mol. The van der Waals surface area contributed by atoms with E-state index in [1.54, 1.807) is 12.5 Å². The van der Waals surface area contributed by atoms with Crippen LogP contribution >= 0.6 is 0 Å². The number of nitrogens with zero attached hydrogens (tertiary/aromatic N) is 5. The van der Waals surface area contributed by atoms with E-state index >= 15 is 0 Å². The minimum atomic E-state index is -0.0422. The minimum Gasteiger partial charge on any atom is -0.352 e. The SMILES string of the molecule is O=C(NCc1cccc(Cn2ccnc2)c1)C1CCCN(Cc2nc(-c3ccccc3)no2)C1. The minimum absolute atomic E-state index is 0.0422. The zero-order chi connectivity index (χ0) is 23.2. The highest BCUT2D eigenvalue weighted by atomic mass is 16.5. The number of aromatic nitrogens is 4. The molecule has 8 heteroatoms. The van der Waals surface area contributed by atoms with Crippen LogP contribution in [0.3, 0.4) is 0 Å². The third-order valence-electron chi connectivity index (χ3n) is 6.12. The molecule has 0 aliphatic carbocycles. The van der Waals surface area contributed by atoms with E-state index in [1.165, 1.54) is 5.56 Å². The van der Waals surface area contributed by atoms with Gasteiger partial charge in [-0.3, -0.25) is 9.69 Å². The second kappa shape index (κ2) is 10.4. The molecule has 1 saturated heterocycles. The monoisotopic (exact) mass is 456 g/mol. The number of benzene rings is 2. The lowest BCUT2D eigenvalue weighted by molar-refractivity contribution is -0.127. The maximum absolute atomic E-state index is 12.9. The van der Waals surface area contributed by atoms with Crippen LogP contribution < -0.4 is 5.32 Å². The van der Waals surface area contributed by atoms with Gasteiger partial charge in [-0.15, -0.1) is 0 Å². The van der Waals surface area contributed by atoms with Gasteiger partial charge in [0.25, 0.3) is 0 Å². The van der Waals surface area contributed by atoms with Crippen LogP contribution in [0, 0.1) is 5.92 Å². The van der Waals surface area contributed by atoms with Crippen LogP contribution in [0.25, 0.3) is 11.4 Å². The summed E-state index contributed by atoms with van der Waals surface area (Å²) in [4.78, 5) is 23.7. The van der Waals surface area contributed by atoms with Crippen molar-refractivity contribution < 1.29 is 9.32 Å². The number of rotatable bonds is 8. The van der Waals surface area contributed by atoms with Crippen molar-refractivity contribution in [2.45, 2.75) is 32.5 Å². The highest BCUT2D eigenvalue weighted by molar-refractivity contribution is 5.79. The zero-order valence-corrected chi connectivity index (χ0v) is 19.0. The van der Waals surface area contributed by atoms with E-state index in [4.69, 9.17) is 4.52 Å². The molecule has 2 aromatic carbocycles. The summed E-state index contributed by atoms with van der Waals surface area (Å²) in [5, 5.41) is 7.23. The number of piperidine rings is 1. The van der Waals surface area contributed by atoms with Crippen molar-refractivity contribution in [3.05, 3.63) is 90.3 Å². The number of imidazole rings is 1. The Hall–Kier alpha value is -3.78. The van der Waals surface area contributed by atoms with Gasteiger partial charge in [-0.25, -0.2) is 4.98 Å². The van der Waals surface area contributed by atoms with E-state index in [9.17, 15) is 4.79 Å². The Morgan fingerprint density at radius 1 is 1.09 bits per heavy atom. The molecule has 8 nitrogen and oxygen atoms in total. The Morgan fingerprint density at radius 3 is 2.82 bits per heavy atom. The molecule has 1 aliphatic heterocycles. The molecule has 1 aliphatic rings. The normalized spacial score (nSPS) is 16.4. The van der Waals surface area contributed by atoms with Gasteiger partial charge in [0.2, 0.25) is 17.6 Å². The first kappa shape index (κ1) is 22.0. The van der Waals surface area contributed by atoms with Gasteiger partial charge in [0, 0.05) is 37.6 Å². The average molecular weight is 457 g/mol. The fourth-order valence-corrected chi connectivity index (χ4v) is 4.39. The van der Waals surface area contributed by atoms with E-state index in [-0.39, 0.29) is 11.8 Å². The number of amides is 1. The van der Waals surface area contributed by atoms with Gasteiger partial charge in [0.05, 0.1) is 18.8 Å². The molecule has 34 heavy (non-hydrogen) atoms. The molecule has 5 rings (SSSR count). The molecule has 4 aromatic rings. The van der Waals surface area contributed by atoms with E-state index < -0.39 is 0 Å². The van der Waals surface area contributed by atoms with E-state index in [0.717, 1.165) is 37.1 Å². The van der Waals surface area contributed by atoms with Crippen LogP contribution in [0.2, 0.25) is 0 Å². The number of carbonyl (C=O) groups is 1. The summed E-state index contributed by atoms with van der Waals surface area (Å²) in [6, 6.07) is 18.1. The third kappa shape index (κ3) is 5.58. The molecule has 1 atom stereocenters. The molecule has 2 aromatic heterocycles. The maximum atomic E-state index is 12.9. The fourth-order valence-electron chi connectivity index (χ4n) is 4.39. The molecule has 0 radical (unpaired) electrons. The van der Waals surface area contributed by atoms with E-state index in [0.29, 0.717) is 31.3 Å². The van der Waals surface area contributed by atoms with Crippen molar-refractivity contribution in [3.8, 4) is 11.4 Å². The highest BCUT2D eigenvalue weighted by Crippen LogP contribution is 2.20. The summed E-state index contributed by atoms with van der Waals surface area (Å²) in [7, 11) is 0. The fraction of sp³-hybridized carbons (Fsp3) is 0.308. The van der Waals surface area contributed by atoms with Crippen molar-refractivity contribution in [1.29, 1.82) is 0 Å². The van der Waals surface area contributed by atoms with Crippen LogP contribution in [0.4, 0.5) is 0 Å².